The Bertz CT molecular complexity index is 1740. The van der Waals surface area contributed by atoms with Gasteiger partial charge in [0.15, 0.2) is 5.82 Å². The summed E-state index contributed by atoms with van der Waals surface area (Å²) in [5.74, 6) is 0.356. The minimum atomic E-state index is -0.918. The van der Waals surface area contributed by atoms with E-state index in [2.05, 4.69) is 60.3 Å². The van der Waals surface area contributed by atoms with Crippen LogP contribution in [0.4, 0.5) is 0 Å². The molecule has 0 radical (unpaired) electrons. The summed E-state index contributed by atoms with van der Waals surface area (Å²) in [5.41, 5.74) is 6.78. The Hall–Kier alpha value is -4.85. The number of likely N-dealkylation sites (tertiary alicyclic amines) is 1. The van der Waals surface area contributed by atoms with E-state index in [1.165, 1.54) is 42.6 Å². The Morgan fingerprint density at radius 1 is 0.816 bits per heavy atom. The van der Waals surface area contributed by atoms with Gasteiger partial charge in [-0.3, -0.25) is 14.4 Å². The SMILES string of the molecule is CC[C@H]1CC[C@H](c2ccc(-c3cnc(-c4ccc(C[C@H](NC(=O)c5ccc(C(C)C)cc5)C(=O)N5CC(C(=O)O)C5)cc4)nc3)cc2)CC1. The molecule has 0 bridgehead atoms. The first-order chi connectivity index (χ1) is 23.7. The first kappa shape index (κ1) is 34.0. The number of amides is 2. The number of carbonyl (C=O) groups excluding carboxylic acids is 2. The topological polar surface area (TPSA) is 112 Å². The highest BCUT2D eigenvalue weighted by Gasteiger charge is 2.38. The van der Waals surface area contributed by atoms with Crippen LogP contribution in [0.1, 0.15) is 91.8 Å². The molecule has 1 aromatic heterocycles. The van der Waals surface area contributed by atoms with E-state index in [9.17, 15) is 19.5 Å². The first-order valence-electron chi connectivity index (χ1n) is 17.6. The quantitative estimate of drug-likeness (QED) is 0.173. The molecule has 8 nitrogen and oxygen atoms in total. The molecule has 1 saturated heterocycles. The molecule has 1 aliphatic heterocycles. The van der Waals surface area contributed by atoms with E-state index in [0.29, 0.717) is 23.2 Å². The van der Waals surface area contributed by atoms with Gasteiger partial charge in [-0.15, -0.1) is 0 Å². The van der Waals surface area contributed by atoms with Crippen molar-refractivity contribution in [2.45, 2.75) is 77.2 Å². The van der Waals surface area contributed by atoms with E-state index in [0.717, 1.165) is 33.7 Å². The Morgan fingerprint density at radius 2 is 1.43 bits per heavy atom. The van der Waals surface area contributed by atoms with Crippen LogP contribution < -0.4 is 5.32 Å². The lowest BCUT2D eigenvalue weighted by Gasteiger charge is -2.39. The van der Waals surface area contributed by atoms with Gasteiger partial charge in [-0.05, 0) is 77.8 Å². The Balaban J connectivity index is 1.11. The average Bonchev–Trinajstić information content (AvgIpc) is 3.11. The second-order valence-corrected chi connectivity index (χ2v) is 14.0. The van der Waals surface area contributed by atoms with Crippen molar-refractivity contribution in [1.82, 2.24) is 20.2 Å². The van der Waals surface area contributed by atoms with Crippen molar-refractivity contribution >= 4 is 17.8 Å². The molecule has 2 fully saturated rings. The lowest BCUT2D eigenvalue weighted by Crippen LogP contribution is -2.59. The number of nitrogens with zero attached hydrogens (tertiary/aromatic N) is 3. The normalized spacial score (nSPS) is 18.5. The molecule has 1 aliphatic carbocycles. The maximum absolute atomic E-state index is 13.5. The molecule has 1 saturated carbocycles. The highest BCUT2D eigenvalue weighted by atomic mass is 16.4. The number of hydrogen-bond donors (Lipinski definition) is 2. The molecule has 254 valence electrons. The second kappa shape index (κ2) is 15.1. The van der Waals surface area contributed by atoms with Gasteiger partial charge in [0.1, 0.15) is 6.04 Å². The van der Waals surface area contributed by atoms with Crippen LogP contribution in [-0.4, -0.2) is 56.9 Å². The Kier molecular flexibility index (Phi) is 10.5. The smallest absolute Gasteiger partial charge is 0.310 e. The first-order valence-corrected chi connectivity index (χ1v) is 17.6. The largest absolute Gasteiger partial charge is 0.481 e. The van der Waals surface area contributed by atoms with E-state index >= 15 is 0 Å². The fourth-order valence-electron chi connectivity index (χ4n) is 7.00. The van der Waals surface area contributed by atoms with Crippen molar-refractivity contribution in [2.24, 2.45) is 11.8 Å². The average molecular weight is 659 g/mol. The number of benzene rings is 3. The second-order valence-electron chi connectivity index (χ2n) is 14.0. The number of carboxylic acids is 1. The molecule has 49 heavy (non-hydrogen) atoms. The number of aliphatic carboxylic acids is 1. The fraction of sp³-hybridized carbons (Fsp3) is 0.390. The molecule has 2 amide bonds. The molecule has 4 aromatic rings. The summed E-state index contributed by atoms with van der Waals surface area (Å²) in [5, 5.41) is 12.2. The van der Waals surface area contributed by atoms with E-state index in [4.69, 9.17) is 0 Å². The van der Waals surface area contributed by atoms with Crippen molar-refractivity contribution in [3.63, 3.8) is 0 Å². The molecule has 2 aliphatic rings. The van der Waals surface area contributed by atoms with Crippen LogP contribution in [0.25, 0.3) is 22.5 Å². The maximum Gasteiger partial charge on any atom is 0.310 e. The van der Waals surface area contributed by atoms with E-state index in [1.54, 1.807) is 12.1 Å². The summed E-state index contributed by atoms with van der Waals surface area (Å²) in [6.07, 6.45) is 10.5. The zero-order valence-corrected chi connectivity index (χ0v) is 28.6. The van der Waals surface area contributed by atoms with Crippen LogP contribution in [0.3, 0.4) is 0 Å². The van der Waals surface area contributed by atoms with Gasteiger partial charge in [-0.2, -0.15) is 0 Å². The third-order valence-corrected chi connectivity index (χ3v) is 10.4. The number of rotatable bonds is 11. The van der Waals surface area contributed by atoms with E-state index in [1.807, 2.05) is 48.8 Å². The monoisotopic (exact) mass is 658 g/mol. The van der Waals surface area contributed by atoms with Gasteiger partial charge in [0.25, 0.3) is 5.91 Å². The van der Waals surface area contributed by atoms with Gasteiger partial charge in [0, 0.05) is 48.6 Å². The lowest BCUT2D eigenvalue weighted by molar-refractivity contribution is -0.153. The highest BCUT2D eigenvalue weighted by molar-refractivity contribution is 5.98. The third-order valence-electron chi connectivity index (χ3n) is 10.4. The summed E-state index contributed by atoms with van der Waals surface area (Å²) in [6.45, 7) is 6.76. The predicted molar refractivity (Wildman–Crippen MR) is 191 cm³/mol. The zero-order chi connectivity index (χ0) is 34.5. The molecule has 0 unspecified atom stereocenters. The van der Waals surface area contributed by atoms with Gasteiger partial charge in [0.2, 0.25) is 5.91 Å². The summed E-state index contributed by atoms with van der Waals surface area (Å²) >= 11 is 0. The van der Waals surface area contributed by atoms with Crippen molar-refractivity contribution < 1.29 is 19.5 Å². The summed E-state index contributed by atoms with van der Waals surface area (Å²) in [6, 6.07) is 23.1. The van der Waals surface area contributed by atoms with Crippen LogP contribution in [0.5, 0.6) is 0 Å². The molecular formula is C41H46N4O4. The summed E-state index contributed by atoms with van der Waals surface area (Å²) in [7, 11) is 0. The summed E-state index contributed by atoms with van der Waals surface area (Å²) in [4.78, 5) is 48.8. The Labute approximate surface area is 289 Å². The molecule has 0 spiro atoms. The standard InChI is InChI=1S/C41H46N4O4/c1-4-27-5-9-30(10-6-27)31-15-17-32(18-16-31)35-22-42-38(43-23-35)33-11-7-28(8-12-33)21-37(40(47)45-24-36(25-45)41(48)49)44-39(46)34-19-13-29(14-20-34)26(2)3/h7-8,11-20,22-23,26-27,30,36-37H,4-6,9-10,21,24-25H2,1-3H3,(H,44,46)(H,48,49)/t27-,30-,37-/m0/s1. The molecule has 3 aromatic carbocycles. The Morgan fingerprint density at radius 3 is 2.00 bits per heavy atom. The van der Waals surface area contributed by atoms with Crippen molar-refractivity contribution in [1.29, 1.82) is 0 Å². The fourth-order valence-corrected chi connectivity index (χ4v) is 7.00. The van der Waals surface area contributed by atoms with Gasteiger partial charge < -0.3 is 15.3 Å². The van der Waals surface area contributed by atoms with Crippen LogP contribution in [0.15, 0.2) is 85.2 Å². The molecule has 6 rings (SSSR count). The minimum absolute atomic E-state index is 0.139. The number of aromatic nitrogens is 2. The van der Waals surface area contributed by atoms with E-state index in [-0.39, 0.29) is 31.3 Å². The van der Waals surface area contributed by atoms with Crippen LogP contribution >= 0.6 is 0 Å². The van der Waals surface area contributed by atoms with Crippen LogP contribution in [-0.2, 0) is 16.0 Å². The number of nitrogens with one attached hydrogen (secondary N) is 1. The zero-order valence-electron chi connectivity index (χ0n) is 28.6. The molecule has 1 atom stereocenters. The number of carbonyl (C=O) groups is 3. The molecular weight excluding hydrogens is 612 g/mol. The van der Waals surface area contributed by atoms with Gasteiger partial charge >= 0.3 is 5.97 Å². The van der Waals surface area contributed by atoms with E-state index < -0.39 is 17.9 Å². The molecule has 2 heterocycles. The van der Waals surface area contributed by atoms with Crippen molar-refractivity contribution in [3.05, 3.63) is 107 Å². The van der Waals surface area contributed by atoms with Crippen LogP contribution in [0.2, 0.25) is 0 Å². The summed E-state index contributed by atoms with van der Waals surface area (Å²) < 4.78 is 0. The van der Waals surface area contributed by atoms with Gasteiger partial charge in [-0.25, -0.2) is 9.97 Å². The van der Waals surface area contributed by atoms with Crippen LogP contribution in [0, 0.1) is 11.8 Å². The lowest BCUT2D eigenvalue weighted by atomic mass is 9.78. The van der Waals surface area contributed by atoms with Gasteiger partial charge in [0.05, 0.1) is 5.92 Å². The minimum Gasteiger partial charge on any atom is -0.481 e. The predicted octanol–water partition coefficient (Wildman–Crippen LogP) is 7.50. The van der Waals surface area contributed by atoms with Crippen molar-refractivity contribution in [3.8, 4) is 22.5 Å². The maximum atomic E-state index is 13.5. The number of carboxylic acid groups (broad SMARTS) is 1. The number of hydrogen-bond acceptors (Lipinski definition) is 5. The molecule has 2 N–H and O–H groups in total. The van der Waals surface area contributed by atoms with Crippen molar-refractivity contribution in [2.75, 3.05) is 13.1 Å². The van der Waals surface area contributed by atoms with Gasteiger partial charge in [-0.1, -0.05) is 87.9 Å². The highest BCUT2D eigenvalue weighted by Crippen LogP contribution is 2.37. The third kappa shape index (κ3) is 8.07. The molecule has 8 heteroatoms.